The summed E-state index contributed by atoms with van der Waals surface area (Å²) in [6.45, 7) is 0.330. The number of aromatic nitrogens is 1. The van der Waals surface area contributed by atoms with E-state index in [1.807, 2.05) is 30.3 Å². The normalized spacial score (nSPS) is 11.5. The molecule has 1 amide bonds. The van der Waals surface area contributed by atoms with Crippen molar-refractivity contribution in [2.75, 3.05) is 13.2 Å². The van der Waals surface area contributed by atoms with Gasteiger partial charge in [0.2, 0.25) is 0 Å². The quantitative estimate of drug-likeness (QED) is 0.506. The third-order valence-corrected chi connectivity index (χ3v) is 5.16. The average molecular weight is 414 g/mol. The van der Waals surface area contributed by atoms with Crippen molar-refractivity contribution in [3.63, 3.8) is 0 Å². The zero-order chi connectivity index (χ0) is 20.9. The zero-order valence-electron chi connectivity index (χ0n) is 15.9. The molecular weight excluding hydrogens is 398 g/mol. The van der Waals surface area contributed by atoms with Crippen LogP contribution in [0.2, 0.25) is 5.15 Å². The van der Waals surface area contributed by atoms with E-state index < -0.39 is 6.09 Å². The molecule has 0 bridgehead atoms. The van der Waals surface area contributed by atoms with Crippen LogP contribution in [-0.4, -0.2) is 24.2 Å². The average Bonchev–Trinajstić information content (AvgIpc) is 3.10. The van der Waals surface area contributed by atoms with Crippen LogP contribution in [0.15, 0.2) is 60.8 Å². The fourth-order valence-electron chi connectivity index (χ4n) is 3.50. The van der Waals surface area contributed by atoms with Crippen molar-refractivity contribution >= 4 is 17.7 Å². The summed E-state index contributed by atoms with van der Waals surface area (Å²) in [5.41, 5.74) is 5.48. The summed E-state index contributed by atoms with van der Waals surface area (Å²) in [6, 6.07) is 19.9. The number of carbonyl (C=O) groups is 1. The summed E-state index contributed by atoms with van der Waals surface area (Å²) in [7, 11) is 0. The van der Waals surface area contributed by atoms with Crippen molar-refractivity contribution in [3.05, 3.63) is 88.2 Å². The molecule has 0 aliphatic heterocycles. The molecule has 3 aromatic rings. The number of fused-ring (bicyclic) bond motifs is 3. The van der Waals surface area contributed by atoms with Crippen molar-refractivity contribution in [1.82, 2.24) is 10.3 Å². The van der Waals surface area contributed by atoms with E-state index in [2.05, 4.69) is 46.4 Å². The number of amides is 1. The summed E-state index contributed by atoms with van der Waals surface area (Å²) in [6.07, 6.45) is 0.837. The van der Waals surface area contributed by atoms with Crippen molar-refractivity contribution in [3.8, 4) is 29.0 Å². The van der Waals surface area contributed by atoms with Gasteiger partial charge in [0.15, 0.2) is 0 Å². The van der Waals surface area contributed by atoms with Crippen LogP contribution in [0.4, 0.5) is 4.79 Å². The Morgan fingerprint density at radius 3 is 2.47 bits per heavy atom. The monoisotopic (exact) mass is 413 g/mol. The highest BCUT2D eigenvalue weighted by Crippen LogP contribution is 2.44. The van der Waals surface area contributed by atoms with Gasteiger partial charge in [0.25, 0.3) is 0 Å². The maximum absolute atomic E-state index is 12.1. The van der Waals surface area contributed by atoms with Gasteiger partial charge < -0.3 is 10.1 Å². The molecule has 1 aliphatic carbocycles. The number of nitrogens with one attached hydrogen (secondary N) is 1. The van der Waals surface area contributed by atoms with E-state index >= 15 is 0 Å². The molecule has 5 nitrogen and oxygen atoms in total. The largest absolute Gasteiger partial charge is 0.449 e. The summed E-state index contributed by atoms with van der Waals surface area (Å²) in [5, 5.41) is 11.7. The summed E-state index contributed by atoms with van der Waals surface area (Å²) in [4.78, 5) is 16.0. The van der Waals surface area contributed by atoms with Crippen LogP contribution in [0.1, 0.15) is 28.2 Å². The number of nitriles is 1. The van der Waals surface area contributed by atoms with Crippen LogP contribution < -0.4 is 5.32 Å². The molecule has 0 fully saturated rings. The lowest BCUT2D eigenvalue weighted by molar-refractivity contribution is 0.144. The number of hydrogen-bond donors (Lipinski definition) is 1. The molecule has 146 valence electrons. The molecule has 0 saturated heterocycles. The van der Waals surface area contributed by atoms with E-state index in [4.69, 9.17) is 21.6 Å². The number of alkyl carbamates (subject to hydrolysis) is 1. The first-order valence-electron chi connectivity index (χ1n) is 9.30. The predicted octanol–water partition coefficient (Wildman–Crippen LogP) is 4.50. The molecule has 0 atom stereocenters. The molecule has 6 heteroatoms. The number of rotatable bonds is 3. The third-order valence-electron chi connectivity index (χ3n) is 4.86. The Labute approximate surface area is 179 Å². The van der Waals surface area contributed by atoms with Crippen molar-refractivity contribution in [2.45, 2.75) is 5.92 Å². The smallest absolute Gasteiger partial charge is 0.407 e. The van der Waals surface area contributed by atoms with Crippen LogP contribution in [-0.2, 0) is 4.74 Å². The van der Waals surface area contributed by atoms with Crippen molar-refractivity contribution in [2.24, 2.45) is 0 Å². The summed E-state index contributed by atoms with van der Waals surface area (Å²) < 4.78 is 5.45. The lowest BCUT2D eigenvalue weighted by Gasteiger charge is -2.14. The molecule has 0 radical (unpaired) electrons. The number of benzene rings is 2. The van der Waals surface area contributed by atoms with E-state index in [9.17, 15) is 4.79 Å². The van der Waals surface area contributed by atoms with E-state index in [0.29, 0.717) is 11.1 Å². The molecule has 2 aromatic carbocycles. The van der Waals surface area contributed by atoms with Gasteiger partial charge in [0, 0.05) is 12.1 Å². The zero-order valence-corrected chi connectivity index (χ0v) is 16.6. The standard InChI is InChI=1S/C24H16ClN3O2/c25-23-17(12-16(13-26)14-28-23)6-5-11-27-24(29)30-15-22-20-9-3-1-7-18(20)19-8-2-4-10-21(19)22/h1-4,7-10,12,14,22H,11,15H2,(H,27,29). The summed E-state index contributed by atoms with van der Waals surface area (Å²) >= 11 is 5.96. The third kappa shape index (κ3) is 3.98. The van der Waals surface area contributed by atoms with Gasteiger partial charge in [-0.25, -0.2) is 9.78 Å². The van der Waals surface area contributed by atoms with Gasteiger partial charge in [0.1, 0.15) is 17.8 Å². The van der Waals surface area contributed by atoms with Gasteiger partial charge in [-0.05, 0) is 28.3 Å². The molecule has 4 rings (SSSR count). The highest BCUT2D eigenvalue weighted by Gasteiger charge is 2.28. The molecule has 0 saturated carbocycles. The Kier molecular flexibility index (Phi) is 5.66. The maximum atomic E-state index is 12.1. The fraction of sp³-hybridized carbons (Fsp3) is 0.125. The van der Waals surface area contributed by atoms with Crippen LogP contribution in [0.3, 0.4) is 0 Å². The molecule has 0 unspecified atom stereocenters. The SMILES string of the molecule is N#Cc1cnc(Cl)c(C#CCNC(=O)OCC2c3ccccc3-c3ccccc32)c1. The Morgan fingerprint density at radius 1 is 1.13 bits per heavy atom. The highest BCUT2D eigenvalue weighted by molar-refractivity contribution is 6.30. The number of hydrogen-bond acceptors (Lipinski definition) is 4. The van der Waals surface area contributed by atoms with E-state index in [1.165, 1.54) is 17.3 Å². The Balaban J connectivity index is 1.36. The van der Waals surface area contributed by atoms with E-state index in [0.717, 1.165) is 11.1 Å². The van der Waals surface area contributed by atoms with E-state index in [-0.39, 0.29) is 24.2 Å². The minimum absolute atomic E-state index is 0.00726. The molecule has 1 N–H and O–H groups in total. The van der Waals surface area contributed by atoms with Gasteiger partial charge in [-0.2, -0.15) is 5.26 Å². The molecule has 0 spiro atoms. The van der Waals surface area contributed by atoms with Gasteiger partial charge in [-0.15, -0.1) is 0 Å². The minimum atomic E-state index is -0.541. The lowest BCUT2D eigenvalue weighted by atomic mass is 9.98. The van der Waals surface area contributed by atoms with Gasteiger partial charge in [-0.3, -0.25) is 0 Å². The van der Waals surface area contributed by atoms with Gasteiger partial charge >= 0.3 is 6.09 Å². The lowest BCUT2D eigenvalue weighted by Crippen LogP contribution is -2.26. The van der Waals surface area contributed by atoms with Crippen LogP contribution in [0, 0.1) is 23.2 Å². The molecule has 30 heavy (non-hydrogen) atoms. The molecular formula is C24H16ClN3O2. The number of ether oxygens (including phenoxy) is 1. The topological polar surface area (TPSA) is 75.0 Å². The maximum Gasteiger partial charge on any atom is 0.407 e. The first-order chi connectivity index (χ1) is 14.7. The van der Waals surface area contributed by atoms with Crippen LogP contribution >= 0.6 is 11.6 Å². The van der Waals surface area contributed by atoms with Crippen molar-refractivity contribution < 1.29 is 9.53 Å². The minimum Gasteiger partial charge on any atom is -0.449 e. The predicted molar refractivity (Wildman–Crippen MR) is 114 cm³/mol. The number of carbonyl (C=O) groups excluding carboxylic acids is 1. The first-order valence-corrected chi connectivity index (χ1v) is 9.68. The molecule has 1 aromatic heterocycles. The van der Waals surface area contributed by atoms with Gasteiger partial charge in [-0.1, -0.05) is 72.0 Å². The molecule has 1 heterocycles. The van der Waals surface area contributed by atoms with Crippen LogP contribution in [0.5, 0.6) is 0 Å². The summed E-state index contributed by atoms with van der Waals surface area (Å²) in [5.74, 6) is 5.60. The second-order valence-electron chi connectivity index (χ2n) is 6.66. The Morgan fingerprint density at radius 2 is 1.80 bits per heavy atom. The second-order valence-corrected chi connectivity index (χ2v) is 7.01. The Hall–Kier alpha value is -3.80. The number of halogens is 1. The van der Waals surface area contributed by atoms with Gasteiger partial charge in [0.05, 0.1) is 17.7 Å². The fourth-order valence-corrected chi connectivity index (χ4v) is 3.65. The molecule has 1 aliphatic rings. The van der Waals surface area contributed by atoms with Crippen molar-refractivity contribution in [1.29, 1.82) is 5.26 Å². The highest BCUT2D eigenvalue weighted by atomic mass is 35.5. The Bertz CT molecular complexity index is 1180. The number of pyridine rings is 1. The first kappa shape index (κ1) is 19.5. The second kappa shape index (κ2) is 8.69. The number of nitrogens with zero attached hydrogens (tertiary/aromatic N) is 2. The van der Waals surface area contributed by atoms with Crippen LogP contribution in [0.25, 0.3) is 11.1 Å². The van der Waals surface area contributed by atoms with E-state index in [1.54, 1.807) is 6.07 Å².